The number of nitrogens with zero attached hydrogens (tertiary/aromatic N) is 2. The third-order valence-corrected chi connectivity index (χ3v) is 2.25. The summed E-state index contributed by atoms with van der Waals surface area (Å²) in [6.45, 7) is 1.91. The molecule has 2 rings (SSSR count). The fraction of sp³-hybridized carbons (Fsp3) is 0.100. The van der Waals surface area contributed by atoms with Gasteiger partial charge in [0, 0.05) is 10.7 Å². The van der Waals surface area contributed by atoms with E-state index < -0.39 is 0 Å². The summed E-state index contributed by atoms with van der Waals surface area (Å²) in [5.41, 5.74) is 1.48. The van der Waals surface area contributed by atoms with Crippen molar-refractivity contribution in [1.29, 1.82) is 0 Å². The number of benzene rings is 1. The topological polar surface area (TPSA) is 70.7 Å². The third kappa shape index (κ3) is 2.38. The summed E-state index contributed by atoms with van der Waals surface area (Å²) in [5, 5.41) is 10.9. The van der Waals surface area contributed by atoms with Crippen LogP contribution in [-0.4, -0.2) is 15.2 Å². The highest BCUT2D eigenvalue weighted by atomic mass is 35.5. The van der Waals surface area contributed by atoms with Crippen LogP contribution in [0.1, 0.15) is 5.56 Å². The molecule has 0 bridgehead atoms. The predicted molar refractivity (Wildman–Crippen MR) is 62.1 cm³/mol. The maximum Gasteiger partial charge on any atom is 0.271 e. The Kier molecular flexibility index (Phi) is 2.87. The number of aromatic amines is 1. The highest BCUT2D eigenvalue weighted by Gasteiger charge is 2.01. The lowest BCUT2D eigenvalue weighted by atomic mass is 10.2. The molecule has 82 valence electrons. The Morgan fingerprint density at radius 2 is 2.25 bits per heavy atom. The lowest BCUT2D eigenvalue weighted by molar-refractivity contribution is 0.953. The number of hydrogen-bond acceptors (Lipinski definition) is 4. The molecule has 0 saturated carbocycles. The van der Waals surface area contributed by atoms with Gasteiger partial charge in [0.2, 0.25) is 5.95 Å². The molecule has 1 heterocycles. The predicted octanol–water partition coefficient (Wildman–Crippen LogP) is 1.87. The van der Waals surface area contributed by atoms with E-state index in [-0.39, 0.29) is 5.56 Å². The van der Waals surface area contributed by atoms with Crippen LogP contribution >= 0.6 is 11.6 Å². The van der Waals surface area contributed by atoms with Crippen LogP contribution in [0.15, 0.2) is 29.2 Å². The second-order valence-corrected chi connectivity index (χ2v) is 3.70. The lowest BCUT2D eigenvalue weighted by Crippen LogP contribution is -2.10. The van der Waals surface area contributed by atoms with Gasteiger partial charge in [-0.3, -0.25) is 9.78 Å². The van der Waals surface area contributed by atoms with Crippen molar-refractivity contribution in [2.24, 2.45) is 0 Å². The Morgan fingerprint density at radius 1 is 1.44 bits per heavy atom. The first-order chi connectivity index (χ1) is 7.65. The van der Waals surface area contributed by atoms with Crippen molar-refractivity contribution in [1.82, 2.24) is 15.2 Å². The van der Waals surface area contributed by atoms with Crippen molar-refractivity contribution in [2.75, 3.05) is 5.32 Å². The zero-order valence-electron chi connectivity index (χ0n) is 8.49. The maximum atomic E-state index is 11.0. The van der Waals surface area contributed by atoms with Crippen molar-refractivity contribution in [3.8, 4) is 0 Å². The molecule has 0 aliphatic carbocycles. The van der Waals surface area contributed by atoms with Crippen LogP contribution in [-0.2, 0) is 0 Å². The molecule has 0 radical (unpaired) electrons. The van der Waals surface area contributed by atoms with Gasteiger partial charge in [0.25, 0.3) is 5.56 Å². The molecule has 0 fully saturated rings. The van der Waals surface area contributed by atoms with Crippen LogP contribution in [0.4, 0.5) is 11.6 Å². The van der Waals surface area contributed by atoms with Crippen molar-refractivity contribution in [3.63, 3.8) is 0 Å². The largest absolute Gasteiger partial charge is 0.324 e. The quantitative estimate of drug-likeness (QED) is 0.835. The molecule has 0 atom stereocenters. The van der Waals surface area contributed by atoms with Crippen LogP contribution in [0.25, 0.3) is 0 Å². The second kappa shape index (κ2) is 4.32. The number of anilines is 2. The van der Waals surface area contributed by atoms with Crippen molar-refractivity contribution < 1.29 is 0 Å². The zero-order chi connectivity index (χ0) is 11.5. The number of nitrogens with one attached hydrogen (secondary N) is 2. The van der Waals surface area contributed by atoms with Crippen molar-refractivity contribution in [2.45, 2.75) is 6.92 Å². The standard InChI is InChI=1S/C10H9ClN4O/c1-6-4-7(11)2-3-8(6)13-10-14-9(16)5-12-15-10/h2-5H,1H3,(H2,13,14,15,16). The van der Waals surface area contributed by atoms with Gasteiger partial charge in [-0.25, -0.2) is 0 Å². The summed E-state index contributed by atoms with van der Waals surface area (Å²) in [6, 6.07) is 5.38. The van der Waals surface area contributed by atoms with E-state index in [1.807, 2.05) is 19.1 Å². The molecule has 0 amide bonds. The molecule has 16 heavy (non-hydrogen) atoms. The summed E-state index contributed by atoms with van der Waals surface area (Å²) in [6.07, 6.45) is 1.11. The van der Waals surface area contributed by atoms with Crippen LogP contribution in [0.2, 0.25) is 5.02 Å². The van der Waals surface area contributed by atoms with Gasteiger partial charge >= 0.3 is 0 Å². The first-order valence-electron chi connectivity index (χ1n) is 4.60. The Bertz CT molecular complexity index is 567. The van der Waals surface area contributed by atoms with Crippen LogP contribution < -0.4 is 10.9 Å². The van der Waals surface area contributed by atoms with E-state index >= 15 is 0 Å². The molecule has 0 aliphatic heterocycles. The maximum absolute atomic E-state index is 11.0. The van der Waals surface area contributed by atoms with Gasteiger partial charge in [-0.15, -0.1) is 10.2 Å². The summed E-state index contributed by atoms with van der Waals surface area (Å²) < 4.78 is 0. The Labute approximate surface area is 96.5 Å². The van der Waals surface area contributed by atoms with E-state index in [9.17, 15) is 4.79 Å². The van der Waals surface area contributed by atoms with Gasteiger partial charge in [0.15, 0.2) is 0 Å². The molecule has 0 unspecified atom stereocenters. The molecule has 0 aliphatic rings. The van der Waals surface area contributed by atoms with Gasteiger partial charge in [-0.1, -0.05) is 11.6 Å². The first-order valence-corrected chi connectivity index (χ1v) is 4.98. The van der Waals surface area contributed by atoms with Crippen LogP contribution in [0.3, 0.4) is 0 Å². The molecule has 6 heteroatoms. The first kappa shape index (κ1) is 10.6. The van der Waals surface area contributed by atoms with E-state index in [0.717, 1.165) is 17.4 Å². The lowest BCUT2D eigenvalue weighted by Gasteiger charge is -2.07. The molecule has 1 aromatic heterocycles. The molecule has 1 aromatic carbocycles. The Morgan fingerprint density at radius 3 is 2.94 bits per heavy atom. The van der Waals surface area contributed by atoms with Crippen LogP contribution in [0.5, 0.6) is 0 Å². The number of halogens is 1. The number of aryl methyl sites for hydroxylation is 1. The van der Waals surface area contributed by atoms with E-state index in [2.05, 4.69) is 20.5 Å². The normalized spacial score (nSPS) is 10.1. The van der Waals surface area contributed by atoms with E-state index in [0.29, 0.717) is 11.0 Å². The number of hydrogen-bond donors (Lipinski definition) is 2. The molecule has 5 nitrogen and oxygen atoms in total. The van der Waals surface area contributed by atoms with Crippen LogP contribution in [0, 0.1) is 6.92 Å². The Hall–Kier alpha value is -1.88. The van der Waals surface area contributed by atoms with Gasteiger partial charge in [-0.05, 0) is 30.7 Å². The van der Waals surface area contributed by atoms with E-state index in [4.69, 9.17) is 11.6 Å². The summed E-state index contributed by atoms with van der Waals surface area (Å²) in [4.78, 5) is 13.5. The van der Waals surface area contributed by atoms with Crippen molar-refractivity contribution >= 4 is 23.2 Å². The monoisotopic (exact) mass is 236 g/mol. The number of H-pyrrole nitrogens is 1. The highest BCUT2D eigenvalue weighted by molar-refractivity contribution is 6.30. The van der Waals surface area contributed by atoms with Gasteiger partial charge in [0.1, 0.15) is 6.20 Å². The Balaban J connectivity index is 2.30. The average Bonchev–Trinajstić information content (AvgIpc) is 2.22. The number of rotatable bonds is 2. The smallest absolute Gasteiger partial charge is 0.271 e. The minimum absolute atomic E-state index is 0.302. The SMILES string of the molecule is Cc1cc(Cl)ccc1Nc1nncc(=O)[nH]1. The third-order valence-electron chi connectivity index (χ3n) is 2.02. The van der Waals surface area contributed by atoms with E-state index in [1.54, 1.807) is 6.07 Å². The molecule has 0 spiro atoms. The highest BCUT2D eigenvalue weighted by Crippen LogP contribution is 2.21. The number of aromatic nitrogens is 3. The van der Waals surface area contributed by atoms with Gasteiger partial charge in [0.05, 0.1) is 0 Å². The fourth-order valence-electron chi connectivity index (χ4n) is 1.26. The summed E-state index contributed by atoms with van der Waals surface area (Å²) >= 11 is 5.83. The summed E-state index contributed by atoms with van der Waals surface area (Å²) in [5.74, 6) is 0.304. The average molecular weight is 237 g/mol. The van der Waals surface area contributed by atoms with Gasteiger partial charge < -0.3 is 5.32 Å². The summed E-state index contributed by atoms with van der Waals surface area (Å²) in [7, 11) is 0. The zero-order valence-corrected chi connectivity index (χ0v) is 9.25. The van der Waals surface area contributed by atoms with Crippen molar-refractivity contribution in [3.05, 3.63) is 45.3 Å². The second-order valence-electron chi connectivity index (χ2n) is 3.27. The minimum atomic E-state index is -0.302. The van der Waals surface area contributed by atoms with Gasteiger partial charge in [-0.2, -0.15) is 0 Å². The molecular formula is C10H9ClN4O. The molecular weight excluding hydrogens is 228 g/mol. The minimum Gasteiger partial charge on any atom is -0.324 e. The fourth-order valence-corrected chi connectivity index (χ4v) is 1.49. The van der Waals surface area contributed by atoms with E-state index in [1.165, 1.54) is 0 Å². The molecule has 2 N–H and O–H groups in total. The molecule has 0 saturated heterocycles. The molecule has 2 aromatic rings.